The van der Waals surface area contributed by atoms with E-state index in [2.05, 4.69) is 22.5 Å². The summed E-state index contributed by atoms with van der Waals surface area (Å²) in [4.78, 5) is 36.1. The number of likely N-dealkylation sites (tertiary alicyclic amines) is 1. The molecule has 0 spiro atoms. The first kappa shape index (κ1) is 19.9. The number of carbonyl (C=O) groups is 2. The number of rotatable bonds is 4. The molecule has 3 aromatic rings. The van der Waals surface area contributed by atoms with Crippen LogP contribution in [0.2, 0.25) is 0 Å². The van der Waals surface area contributed by atoms with Gasteiger partial charge < -0.3 is 9.47 Å². The monoisotopic (exact) mass is 416 g/mol. The molecule has 2 atom stereocenters. The van der Waals surface area contributed by atoms with Crippen LogP contribution in [-0.4, -0.2) is 56.7 Å². The molecule has 160 valence electrons. The van der Waals surface area contributed by atoms with Gasteiger partial charge in [0.05, 0.1) is 34.6 Å². The average molecular weight is 417 g/mol. The standard InChI is InChI=1S/C25H28N4O2/c1-4-28-20-13-9-8-12-19(20)26-22(28)15-27-14-21-25(3,16-27)23(30)17-10-6-7-11-18(17)24(31)29(21)5-2/h6-13,21H,4-5,14-16H2,1-3H3/t21-,25+/m1/s1. The first-order valence-electron chi connectivity index (χ1n) is 11.1. The van der Waals surface area contributed by atoms with Crippen molar-refractivity contribution >= 4 is 22.7 Å². The normalized spacial score (nSPS) is 23.8. The van der Waals surface area contributed by atoms with Gasteiger partial charge in [0.15, 0.2) is 5.78 Å². The molecule has 1 fully saturated rings. The van der Waals surface area contributed by atoms with E-state index in [4.69, 9.17) is 4.98 Å². The SMILES string of the molecule is CCN1C(=O)c2ccccc2C(=O)[C@@]2(C)CN(Cc3nc4ccccc4n3CC)C[C@@H]12. The lowest BCUT2D eigenvalue weighted by molar-refractivity contribution is 0.0560. The van der Waals surface area contributed by atoms with Crippen molar-refractivity contribution < 1.29 is 9.59 Å². The largest absolute Gasteiger partial charge is 0.334 e. The van der Waals surface area contributed by atoms with Crippen molar-refractivity contribution in [3.8, 4) is 0 Å². The van der Waals surface area contributed by atoms with Crippen LogP contribution in [-0.2, 0) is 13.1 Å². The third kappa shape index (κ3) is 2.92. The summed E-state index contributed by atoms with van der Waals surface area (Å²) in [6.07, 6.45) is 0. The average Bonchev–Trinajstić information content (AvgIpc) is 3.29. The molecule has 1 saturated heterocycles. The van der Waals surface area contributed by atoms with Crippen molar-refractivity contribution in [1.29, 1.82) is 0 Å². The van der Waals surface area contributed by atoms with Crippen LogP contribution in [0, 0.1) is 5.41 Å². The summed E-state index contributed by atoms with van der Waals surface area (Å²) in [5, 5.41) is 0. The van der Waals surface area contributed by atoms with Crippen molar-refractivity contribution in [2.75, 3.05) is 19.6 Å². The smallest absolute Gasteiger partial charge is 0.254 e. The van der Waals surface area contributed by atoms with E-state index in [0.29, 0.717) is 37.3 Å². The van der Waals surface area contributed by atoms with Gasteiger partial charge in [-0.2, -0.15) is 0 Å². The quantitative estimate of drug-likeness (QED) is 0.652. The Morgan fingerprint density at radius 1 is 1.00 bits per heavy atom. The number of aromatic nitrogens is 2. The number of aryl methyl sites for hydroxylation is 1. The van der Waals surface area contributed by atoms with Crippen molar-refractivity contribution in [1.82, 2.24) is 19.4 Å². The maximum Gasteiger partial charge on any atom is 0.254 e. The van der Waals surface area contributed by atoms with Gasteiger partial charge in [-0.25, -0.2) is 4.98 Å². The topological polar surface area (TPSA) is 58.4 Å². The number of amides is 1. The maximum absolute atomic E-state index is 13.7. The number of para-hydroxylation sites is 2. The molecule has 0 bridgehead atoms. The van der Waals surface area contributed by atoms with Crippen LogP contribution in [0.1, 0.15) is 47.3 Å². The first-order chi connectivity index (χ1) is 15.0. The molecular weight excluding hydrogens is 388 g/mol. The van der Waals surface area contributed by atoms with Crippen molar-refractivity contribution in [3.05, 3.63) is 65.5 Å². The Bertz CT molecular complexity index is 1180. The Kier molecular flexibility index (Phi) is 4.70. The van der Waals surface area contributed by atoms with Gasteiger partial charge in [-0.15, -0.1) is 0 Å². The van der Waals surface area contributed by atoms with E-state index >= 15 is 0 Å². The van der Waals surface area contributed by atoms with E-state index in [-0.39, 0.29) is 17.7 Å². The zero-order chi connectivity index (χ0) is 21.8. The fourth-order valence-electron chi connectivity index (χ4n) is 5.50. The van der Waals surface area contributed by atoms with Gasteiger partial charge in [-0.3, -0.25) is 14.5 Å². The molecule has 0 unspecified atom stereocenters. The predicted octanol–water partition coefficient (Wildman–Crippen LogP) is 3.61. The minimum absolute atomic E-state index is 0.0391. The first-order valence-corrected chi connectivity index (χ1v) is 11.1. The van der Waals surface area contributed by atoms with Crippen LogP contribution >= 0.6 is 0 Å². The third-order valence-corrected chi connectivity index (χ3v) is 7.03. The van der Waals surface area contributed by atoms with Gasteiger partial charge in [-0.1, -0.05) is 30.3 Å². The molecule has 2 aromatic carbocycles. The van der Waals surface area contributed by atoms with Crippen molar-refractivity contribution in [2.45, 2.75) is 39.9 Å². The van der Waals surface area contributed by atoms with Gasteiger partial charge in [0.25, 0.3) is 5.91 Å². The van der Waals surface area contributed by atoms with Crippen LogP contribution in [0.4, 0.5) is 0 Å². The van der Waals surface area contributed by atoms with Gasteiger partial charge in [-0.05, 0) is 39.0 Å². The molecule has 2 aliphatic heterocycles. The maximum atomic E-state index is 13.7. The van der Waals surface area contributed by atoms with Crippen LogP contribution in [0.15, 0.2) is 48.5 Å². The van der Waals surface area contributed by atoms with E-state index in [1.54, 1.807) is 12.1 Å². The van der Waals surface area contributed by atoms with Crippen molar-refractivity contribution in [2.24, 2.45) is 5.41 Å². The molecule has 5 rings (SSSR count). The van der Waals surface area contributed by atoms with Crippen LogP contribution < -0.4 is 0 Å². The van der Waals surface area contributed by atoms with Gasteiger partial charge >= 0.3 is 0 Å². The molecule has 0 aliphatic carbocycles. The number of Topliss-reactive ketones (excluding diaryl/α,β-unsaturated/α-hetero) is 1. The number of hydrogen-bond donors (Lipinski definition) is 0. The summed E-state index contributed by atoms with van der Waals surface area (Å²) >= 11 is 0. The Morgan fingerprint density at radius 2 is 1.71 bits per heavy atom. The van der Waals surface area contributed by atoms with Gasteiger partial charge in [0, 0.05) is 31.7 Å². The second-order valence-electron chi connectivity index (χ2n) is 8.83. The second-order valence-corrected chi connectivity index (χ2v) is 8.83. The lowest BCUT2D eigenvalue weighted by Crippen LogP contribution is -2.49. The molecule has 1 aromatic heterocycles. The number of benzene rings is 2. The van der Waals surface area contributed by atoms with E-state index in [1.807, 2.05) is 49.1 Å². The zero-order valence-electron chi connectivity index (χ0n) is 18.3. The highest BCUT2D eigenvalue weighted by atomic mass is 16.2. The summed E-state index contributed by atoms with van der Waals surface area (Å²) < 4.78 is 2.24. The lowest BCUT2D eigenvalue weighted by atomic mass is 9.78. The number of ketones is 1. The molecule has 6 nitrogen and oxygen atoms in total. The molecule has 31 heavy (non-hydrogen) atoms. The van der Waals surface area contributed by atoms with E-state index in [0.717, 1.165) is 23.4 Å². The third-order valence-electron chi connectivity index (χ3n) is 7.03. The Balaban J connectivity index is 1.52. The fourth-order valence-corrected chi connectivity index (χ4v) is 5.50. The number of hydrogen-bond acceptors (Lipinski definition) is 4. The number of carbonyl (C=O) groups excluding carboxylic acids is 2. The van der Waals surface area contributed by atoms with E-state index in [1.165, 1.54) is 0 Å². The highest BCUT2D eigenvalue weighted by Gasteiger charge is 2.54. The highest BCUT2D eigenvalue weighted by Crippen LogP contribution is 2.41. The summed E-state index contributed by atoms with van der Waals surface area (Å²) in [6, 6.07) is 15.3. The predicted molar refractivity (Wildman–Crippen MR) is 120 cm³/mol. The molecule has 0 N–H and O–H groups in total. The number of nitrogens with zero attached hydrogens (tertiary/aromatic N) is 4. The van der Waals surface area contributed by atoms with E-state index in [9.17, 15) is 9.59 Å². The number of fused-ring (bicyclic) bond motifs is 3. The zero-order valence-corrected chi connectivity index (χ0v) is 18.3. The summed E-state index contributed by atoms with van der Waals surface area (Å²) in [6.45, 7) is 9.53. The van der Waals surface area contributed by atoms with Crippen LogP contribution in [0.3, 0.4) is 0 Å². The molecule has 0 saturated carbocycles. The van der Waals surface area contributed by atoms with Gasteiger partial charge in [0.2, 0.25) is 0 Å². The highest BCUT2D eigenvalue weighted by molar-refractivity contribution is 6.12. The molecule has 1 amide bonds. The Morgan fingerprint density at radius 3 is 2.45 bits per heavy atom. The molecule has 2 aliphatic rings. The molecule has 6 heteroatoms. The lowest BCUT2D eigenvalue weighted by Gasteiger charge is -2.34. The number of likely N-dealkylation sites (N-methyl/N-ethyl adjacent to an activating group) is 1. The molecule has 3 heterocycles. The van der Waals surface area contributed by atoms with Gasteiger partial charge in [0.1, 0.15) is 5.82 Å². The van der Waals surface area contributed by atoms with E-state index < -0.39 is 5.41 Å². The van der Waals surface area contributed by atoms with Crippen LogP contribution in [0.25, 0.3) is 11.0 Å². The molecular formula is C25H28N4O2. The second kappa shape index (κ2) is 7.31. The molecule has 0 radical (unpaired) electrons. The summed E-state index contributed by atoms with van der Waals surface area (Å²) in [5.41, 5.74) is 2.58. The minimum Gasteiger partial charge on any atom is -0.334 e. The Hall–Kier alpha value is -2.99. The summed E-state index contributed by atoms with van der Waals surface area (Å²) in [7, 11) is 0. The fraction of sp³-hybridized carbons (Fsp3) is 0.400. The van der Waals surface area contributed by atoms with Crippen molar-refractivity contribution in [3.63, 3.8) is 0 Å². The van der Waals surface area contributed by atoms with Crippen LogP contribution in [0.5, 0.6) is 0 Å². The number of imidazole rings is 1. The summed E-state index contributed by atoms with van der Waals surface area (Å²) in [5.74, 6) is 1.04. The minimum atomic E-state index is -0.638. The Labute approximate surface area is 182 Å².